The van der Waals surface area contributed by atoms with Gasteiger partial charge in [-0.05, 0) is 50.4 Å². The largest absolute Gasteiger partial charge is 0.380 e. The number of nitrogens with one attached hydrogen (secondary N) is 2. The van der Waals surface area contributed by atoms with E-state index < -0.39 is 0 Å². The summed E-state index contributed by atoms with van der Waals surface area (Å²) in [6, 6.07) is 20.0. The first-order valence-electron chi connectivity index (χ1n) is 10.4. The standard InChI is InChI=1S/C23H30N4O/c1-2-28-15-14-27-22-11-7-6-10-21(22)26-23(27)25-19-12-13-24-20(17-19)16-18-8-4-3-5-9-18/h3-11,19-20,24H,2,12-17H2,1H3,(H,25,26)/t19-,20-/m1/s1. The lowest BCUT2D eigenvalue weighted by Gasteiger charge is -2.31. The van der Waals surface area contributed by atoms with Crippen molar-refractivity contribution in [1.29, 1.82) is 0 Å². The monoisotopic (exact) mass is 378 g/mol. The van der Waals surface area contributed by atoms with E-state index in [1.54, 1.807) is 0 Å². The number of fused-ring (bicyclic) bond motifs is 1. The number of imidazole rings is 1. The van der Waals surface area contributed by atoms with E-state index in [-0.39, 0.29) is 0 Å². The van der Waals surface area contributed by atoms with Crippen molar-refractivity contribution in [2.75, 3.05) is 25.1 Å². The summed E-state index contributed by atoms with van der Waals surface area (Å²) in [4.78, 5) is 4.87. The third kappa shape index (κ3) is 4.54. The normalized spacial score (nSPS) is 19.8. The van der Waals surface area contributed by atoms with Crippen LogP contribution in [0.1, 0.15) is 25.3 Å². The molecule has 1 aliphatic heterocycles. The Bertz CT molecular complexity index is 877. The molecule has 1 aliphatic rings. The SMILES string of the molecule is CCOCCn1c(N[C@@H]2CCN[C@H](Cc3ccccc3)C2)nc2ccccc21. The smallest absolute Gasteiger partial charge is 0.204 e. The average molecular weight is 379 g/mol. The van der Waals surface area contributed by atoms with E-state index in [1.165, 1.54) is 11.1 Å². The zero-order chi connectivity index (χ0) is 19.2. The van der Waals surface area contributed by atoms with Crippen LogP contribution in [0, 0.1) is 0 Å². The molecule has 0 saturated carbocycles. The molecule has 1 aromatic heterocycles. The summed E-state index contributed by atoms with van der Waals surface area (Å²) >= 11 is 0. The van der Waals surface area contributed by atoms with E-state index in [0.717, 1.165) is 50.4 Å². The number of aromatic nitrogens is 2. The third-order valence-electron chi connectivity index (χ3n) is 5.47. The number of anilines is 1. The second kappa shape index (κ2) is 9.22. The molecule has 148 valence electrons. The first-order chi connectivity index (χ1) is 13.8. The van der Waals surface area contributed by atoms with Crippen molar-refractivity contribution in [3.63, 3.8) is 0 Å². The molecule has 0 spiro atoms. The Labute approximate surface area is 167 Å². The molecule has 3 aromatic rings. The Morgan fingerprint density at radius 2 is 1.96 bits per heavy atom. The van der Waals surface area contributed by atoms with E-state index in [9.17, 15) is 0 Å². The van der Waals surface area contributed by atoms with Gasteiger partial charge in [-0.2, -0.15) is 0 Å². The molecule has 2 aromatic carbocycles. The van der Waals surface area contributed by atoms with Gasteiger partial charge in [-0.25, -0.2) is 4.98 Å². The van der Waals surface area contributed by atoms with E-state index in [4.69, 9.17) is 9.72 Å². The molecule has 2 atom stereocenters. The highest BCUT2D eigenvalue weighted by molar-refractivity contribution is 5.78. The molecule has 2 heterocycles. The zero-order valence-electron chi connectivity index (χ0n) is 16.6. The molecule has 28 heavy (non-hydrogen) atoms. The summed E-state index contributed by atoms with van der Waals surface area (Å²) < 4.78 is 7.86. The lowest BCUT2D eigenvalue weighted by molar-refractivity contribution is 0.140. The topological polar surface area (TPSA) is 51.1 Å². The fourth-order valence-electron chi connectivity index (χ4n) is 4.09. The van der Waals surface area contributed by atoms with E-state index >= 15 is 0 Å². The van der Waals surface area contributed by atoms with Crippen molar-refractivity contribution in [2.45, 2.75) is 44.8 Å². The number of nitrogens with zero attached hydrogens (tertiary/aromatic N) is 2. The first-order valence-corrected chi connectivity index (χ1v) is 10.4. The van der Waals surface area contributed by atoms with Crippen molar-refractivity contribution in [3.8, 4) is 0 Å². The fourth-order valence-corrected chi connectivity index (χ4v) is 4.09. The van der Waals surface area contributed by atoms with Gasteiger partial charge in [0.2, 0.25) is 5.95 Å². The van der Waals surface area contributed by atoms with Gasteiger partial charge >= 0.3 is 0 Å². The summed E-state index contributed by atoms with van der Waals surface area (Å²) in [6.07, 6.45) is 3.28. The minimum Gasteiger partial charge on any atom is -0.380 e. The van der Waals surface area contributed by atoms with Crippen LogP contribution in [0.25, 0.3) is 11.0 Å². The Balaban J connectivity index is 1.46. The second-order valence-electron chi connectivity index (χ2n) is 7.48. The molecule has 0 bridgehead atoms. The number of ether oxygens (including phenoxy) is 1. The number of hydrogen-bond donors (Lipinski definition) is 2. The van der Waals surface area contributed by atoms with E-state index in [0.29, 0.717) is 18.7 Å². The van der Waals surface area contributed by atoms with Gasteiger partial charge in [0.05, 0.1) is 17.6 Å². The fraction of sp³-hybridized carbons (Fsp3) is 0.435. The Morgan fingerprint density at radius 1 is 1.14 bits per heavy atom. The average Bonchev–Trinajstić information content (AvgIpc) is 3.06. The lowest BCUT2D eigenvalue weighted by Crippen LogP contribution is -2.44. The lowest BCUT2D eigenvalue weighted by atomic mass is 9.94. The molecular formula is C23H30N4O. The predicted octanol–water partition coefficient (Wildman–Crippen LogP) is 3.85. The molecule has 0 radical (unpaired) electrons. The van der Waals surface area contributed by atoms with Crippen molar-refractivity contribution in [2.24, 2.45) is 0 Å². The highest BCUT2D eigenvalue weighted by Gasteiger charge is 2.23. The summed E-state index contributed by atoms with van der Waals surface area (Å²) in [6.45, 7) is 5.33. The third-order valence-corrected chi connectivity index (χ3v) is 5.47. The minimum atomic E-state index is 0.428. The molecule has 5 heteroatoms. The molecule has 1 saturated heterocycles. The quantitative estimate of drug-likeness (QED) is 0.585. The summed E-state index contributed by atoms with van der Waals surface area (Å²) in [5.41, 5.74) is 3.60. The van der Waals surface area contributed by atoms with Gasteiger partial charge < -0.3 is 19.9 Å². The molecule has 0 aliphatic carbocycles. The highest BCUT2D eigenvalue weighted by atomic mass is 16.5. The van der Waals surface area contributed by atoms with Gasteiger partial charge in [-0.3, -0.25) is 0 Å². The second-order valence-corrected chi connectivity index (χ2v) is 7.48. The van der Waals surface area contributed by atoms with Gasteiger partial charge in [-0.15, -0.1) is 0 Å². The maximum atomic E-state index is 5.60. The number of benzene rings is 2. The molecule has 1 fully saturated rings. The van der Waals surface area contributed by atoms with Crippen molar-refractivity contribution in [1.82, 2.24) is 14.9 Å². The molecule has 0 amide bonds. The van der Waals surface area contributed by atoms with Crippen LogP contribution in [0.3, 0.4) is 0 Å². The van der Waals surface area contributed by atoms with Gasteiger partial charge in [-0.1, -0.05) is 42.5 Å². The van der Waals surface area contributed by atoms with E-state index in [1.807, 2.05) is 13.0 Å². The zero-order valence-corrected chi connectivity index (χ0v) is 16.6. The summed E-state index contributed by atoms with van der Waals surface area (Å²) in [5.74, 6) is 0.964. The first kappa shape index (κ1) is 19.0. The van der Waals surface area contributed by atoms with Crippen molar-refractivity contribution >= 4 is 17.0 Å². The van der Waals surface area contributed by atoms with Gasteiger partial charge in [0, 0.05) is 25.2 Å². The maximum Gasteiger partial charge on any atom is 0.204 e. The molecule has 0 unspecified atom stereocenters. The minimum absolute atomic E-state index is 0.428. The van der Waals surface area contributed by atoms with E-state index in [2.05, 4.69) is 63.7 Å². The Morgan fingerprint density at radius 3 is 2.82 bits per heavy atom. The predicted molar refractivity (Wildman–Crippen MR) is 115 cm³/mol. The van der Waals surface area contributed by atoms with Crippen LogP contribution in [0.15, 0.2) is 54.6 Å². The molecule has 5 nitrogen and oxygen atoms in total. The number of piperidine rings is 1. The molecule has 4 rings (SSSR count). The Kier molecular flexibility index (Phi) is 6.24. The van der Waals surface area contributed by atoms with Gasteiger partial charge in [0.1, 0.15) is 0 Å². The van der Waals surface area contributed by atoms with Gasteiger partial charge in [0.15, 0.2) is 0 Å². The van der Waals surface area contributed by atoms with Crippen molar-refractivity contribution in [3.05, 3.63) is 60.2 Å². The Hall–Kier alpha value is -2.37. The van der Waals surface area contributed by atoms with Crippen LogP contribution in [0.4, 0.5) is 5.95 Å². The maximum absolute atomic E-state index is 5.60. The van der Waals surface area contributed by atoms with Crippen molar-refractivity contribution < 1.29 is 4.74 Å². The summed E-state index contributed by atoms with van der Waals surface area (Å²) in [7, 11) is 0. The van der Waals surface area contributed by atoms with Crippen LogP contribution >= 0.6 is 0 Å². The molecule has 2 N–H and O–H groups in total. The number of rotatable bonds is 8. The highest BCUT2D eigenvalue weighted by Crippen LogP contribution is 2.23. The van der Waals surface area contributed by atoms with Crippen LogP contribution in [-0.4, -0.2) is 41.4 Å². The number of para-hydroxylation sites is 2. The summed E-state index contributed by atoms with van der Waals surface area (Å²) in [5, 5.41) is 7.42. The van der Waals surface area contributed by atoms with Gasteiger partial charge in [0.25, 0.3) is 0 Å². The molecular weight excluding hydrogens is 348 g/mol. The van der Waals surface area contributed by atoms with Crippen LogP contribution in [-0.2, 0) is 17.7 Å². The van der Waals surface area contributed by atoms with Crippen LogP contribution < -0.4 is 10.6 Å². The van der Waals surface area contributed by atoms with Crippen LogP contribution in [0.2, 0.25) is 0 Å². The number of hydrogen-bond acceptors (Lipinski definition) is 4. The van der Waals surface area contributed by atoms with Crippen LogP contribution in [0.5, 0.6) is 0 Å².